The molecule has 0 aromatic heterocycles. The molecule has 0 N–H and O–H groups in total. The lowest BCUT2D eigenvalue weighted by molar-refractivity contribution is 0.196. The topological polar surface area (TPSA) is 30.3 Å². The summed E-state index contributed by atoms with van der Waals surface area (Å²) in [5.41, 5.74) is 2.29. The van der Waals surface area contributed by atoms with Gasteiger partial charge in [-0.3, -0.25) is 4.90 Å². The first-order valence-electron chi connectivity index (χ1n) is 6.63. The van der Waals surface area contributed by atoms with Gasteiger partial charge in [-0.15, -0.1) is 0 Å². The fraction of sp³-hybridized carbons (Fsp3) is 0.533. The first kappa shape index (κ1) is 12.9. The summed E-state index contributed by atoms with van der Waals surface area (Å²) in [5, 5.41) is 9.41. The Morgan fingerprint density at radius 2 is 1.72 bits per heavy atom. The Morgan fingerprint density at radius 3 is 2.22 bits per heavy atom. The van der Waals surface area contributed by atoms with E-state index in [1.54, 1.807) is 0 Å². The van der Waals surface area contributed by atoms with Gasteiger partial charge in [-0.2, -0.15) is 5.26 Å². The smallest absolute Gasteiger partial charge is 0.123 e. The van der Waals surface area contributed by atoms with Crippen molar-refractivity contribution in [2.75, 3.05) is 32.1 Å². The minimum Gasteiger partial charge on any atom is -0.378 e. The molecule has 0 radical (unpaired) electrons. The molecule has 2 rings (SSSR count). The average molecular weight is 243 g/mol. The third kappa shape index (κ3) is 2.83. The summed E-state index contributed by atoms with van der Waals surface area (Å²) in [6, 6.07) is 10.7. The largest absolute Gasteiger partial charge is 0.378 e. The number of hydrogen-bond donors (Lipinski definition) is 0. The van der Waals surface area contributed by atoms with Gasteiger partial charge in [0.2, 0.25) is 0 Å². The van der Waals surface area contributed by atoms with Crippen molar-refractivity contribution in [3.8, 4) is 6.07 Å². The number of piperidine rings is 1. The molecule has 1 fully saturated rings. The zero-order chi connectivity index (χ0) is 13.0. The van der Waals surface area contributed by atoms with Crippen LogP contribution < -0.4 is 4.90 Å². The van der Waals surface area contributed by atoms with Gasteiger partial charge in [0.1, 0.15) is 6.04 Å². The van der Waals surface area contributed by atoms with Crippen LogP contribution in [0.5, 0.6) is 0 Å². The summed E-state index contributed by atoms with van der Waals surface area (Å²) in [6.45, 7) is 2.10. The molecule has 1 unspecified atom stereocenters. The zero-order valence-electron chi connectivity index (χ0n) is 11.3. The highest BCUT2D eigenvalue weighted by molar-refractivity contribution is 5.47. The van der Waals surface area contributed by atoms with Crippen molar-refractivity contribution in [2.45, 2.75) is 25.3 Å². The van der Waals surface area contributed by atoms with Gasteiger partial charge in [-0.25, -0.2) is 0 Å². The second kappa shape index (κ2) is 5.88. The molecule has 0 spiro atoms. The van der Waals surface area contributed by atoms with Crippen molar-refractivity contribution in [3.63, 3.8) is 0 Å². The number of rotatable bonds is 3. The van der Waals surface area contributed by atoms with Crippen LogP contribution in [-0.4, -0.2) is 32.1 Å². The fourth-order valence-corrected chi connectivity index (χ4v) is 2.50. The minimum absolute atomic E-state index is 0.0819. The number of anilines is 1. The number of hydrogen-bond acceptors (Lipinski definition) is 3. The Balaban J connectivity index is 2.14. The molecule has 1 aromatic carbocycles. The molecule has 96 valence electrons. The van der Waals surface area contributed by atoms with Crippen LogP contribution in [0.25, 0.3) is 0 Å². The third-order valence-electron chi connectivity index (χ3n) is 3.60. The van der Waals surface area contributed by atoms with Crippen LogP contribution >= 0.6 is 0 Å². The van der Waals surface area contributed by atoms with Crippen LogP contribution in [0.15, 0.2) is 24.3 Å². The number of nitrogens with zero attached hydrogens (tertiary/aromatic N) is 3. The molecule has 1 heterocycles. The average Bonchev–Trinajstić information content (AvgIpc) is 2.41. The SMILES string of the molecule is CN(C)c1ccc(C(C#N)N2CCCCC2)cc1. The van der Waals surface area contributed by atoms with E-state index in [0.717, 1.165) is 18.7 Å². The molecular weight excluding hydrogens is 222 g/mol. The van der Waals surface area contributed by atoms with Crippen LogP contribution in [0.4, 0.5) is 5.69 Å². The molecule has 1 aromatic rings. The fourth-order valence-electron chi connectivity index (χ4n) is 2.50. The highest BCUT2D eigenvalue weighted by Crippen LogP contribution is 2.25. The van der Waals surface area contributed by atoms with Crippen LogP contribution in [0.3, 0.4) is 0 Å². The van der Waals surface area contributed by atoms with Gasteiger partial charge in [0, 0.05) is 19.8 Å². The Hall–Kier alpha value is -1.53. The van der Waals surface area contributed by atoms with Crippen molar-refractivity contribution in [1.82, 2.24) is 4.90 Å². The molecule has 1 aliphatic rings. The molecule has 18 heavy (non-hydrogen) atoms. The van der Waals surface area contributed by atoms with E-state index in [-0.39, 0.29) is 6.04 Å². The molecule has 0 amide bonds. The molecule has 0 aliphatic carbocycles. The molecule has 1 atom stereocenters. The monoisotopic (exact) mass is 243 g/mol. The summed E-state index contributed by atoms with van der Waals surface area (Å²) < 4.78 is 0. The summed E-state index contributed by atoms with van der Waals surface area (Å²) >= 11 is 0. The maximum atomic E-state index is 9.41. The van der Waals surface area contributed by atoms with Crippen molar-refractivity contribution in [2.24, 2.45) is 0 Å². The van der Waals surface area contributed by atoms with Crippen molar-refractivity contribution >= 4 is 5.69 Å². The zero-order valence-corrected chi connectivity index (χ0v) is 11.3. The molecule has 3 heteroatoms. The van der Waals surface area contributed by atoms with Gasteiger partial charge in [0.15, 0.2) is 0 Å². The third-order valence-corrected chi connectivity index (χ3v) is 3.60. The number of benzene rings is 1. The molecule has 1 saturated heterocycles. The molecule has 1 aliphatic heterocycles. The summed E-state index contributed by atoms with van der Waals surface area (Å²) in [7, 11) is 4.06. The molecule has 3 nitrogen and oxygen atoms in total. The first-order chi connectivity index (χ1) is 8.72. The van der Waals surface area contributed by atoms with E-state index in [4.69, 9.17) is 0 Å². The van der Waals surface area contributed by atoms with E-state index < -0.39 is 0 Å². The number of likely N-dealkylation sites (tertiary alicyclic amines) is 1. The van der Waals surface area contributed by atoms with E-state index in [2.05, 4.69) is 40.1 Å². The molecule has 0 bridgehead atoms. The van der Waals surface area contributed by atoms with E-state index >= 15 is 0 Å². The van der Waals surface area contributed by atoms with Gasteiger partial charge in [-0.1, -0.05) is 18.6 Å². The molecule has 0 saturated carbocycles. The van der Waals surface area contributed by atoms with Crippen LogP contribution in [0.2, 0.25) is 0 Å². The second-order valence-electron chi connectivity index (χ2n) is 5.11. The van der Waals surface area contributed by atoms with Crippen molar-refractivity contribution in [3.05, 3.63) is 29.8 Å². The number of nitriles is 1. The van der Waals surface area contributed by atoms with Crippen LogP contribution in [-0.2, 0) is 0 Å². The second-order valence-corrected chi connectivity index (χ2v) is 5.11. The Morgan fingerprint density at radius 1 is 1.11 bits per heavy atom. The van der Waals surface area contributed by atoms with Crippen molar-refractivity contribution in [1.29, 1.82) is 5.26 Å². The summed E-state index contributed by atoms with van der Waals surface area (Å²) in [6.07, 6.45) is 3.73. The lowest BCUT2D eigenvalue weighted by Gasteiger charge is -2.30. The van der Waals surface area contributed by atoms with E-state index in [1.807, 2.05) is 14.1 Å². The van der Waals surface area contributed by atoms with E-state index in [0.29, 0.717) is 0 Å². The Bertz CT molecular complexity index is 410. The minimum atomic E-state index is -0.0819. The normalized spacial score (nSPS) is 18.1. The lowest BCUT2D eigenvalue weighted by Crippen LogP contribution is -2.33. The van der Waals surface area contributed by atoms with E-state index in [1.165, 1.54) is 24.9 Å². The maximum Gasteiger partial charge on any atom is 0.123 e. The van der Waals surface area contributed by atoms with Gasteiger partial charge in [-0.05, 0) is 43.6 Å². The standard InChI is InChI=1S/C15H21N3/c1-17(2)14-8-6-13(7-9-14)15(12-16)18-10-4-3-5-11-18/h6-9,15H,3-5,10-11H2,1-2H3. The summed E-state index contributed by atoms with van der Waals surface area (Å²) in [4.78, 5) is 4.38. The van der Waals surface area contributed by atoms with E-state index in [9.17, 15) is 5.26 Å². The van der Waals surface area contributed by atoms with Crippen molar-refractivity contribution < 1.29 is 0 Å². The summed E-state index contributed by atoms with van der Waals surface area (Å²) in [5.74, 6) is 0. The van der Waals surface area contributed by atoms with Crippen LogP contribution in [0.1, 0.15) is 30.9 Å². The van der Waals surface area contributed by atoms with Gasteiger partial charge in [0.25, 0.3) is 0 Å². The Kier molecular flexibility index (Phi) is 4.22. The first-order valence-corrected chi connectivity index (χ1v) is 6.63. The predicted molar refractivity (Wildman–Crippen MR) is 74.5 cm³/mol. The maximum absolute atomic E-state index is 9.41. The van der Waals surface area contributed by atoms with Gasteiger partial charge < -0.3 is 4.90 Å². The Labute approximate surface area is 110 Å². The van der Waals surface area contributed by atoms with Gasteiger partial charge in [0.05, 0.1) is 6.07 Å². The van der Waals surface area contributed by atoms with Gasteiger partial charge >= 0.3 is 0 Å². The highest BCUT2D eigenvalue weighted by Gasteiger charge is 2.21. The van der Waals surface area contributed by atoms with Crippen LogP contribution in [0, 0.1) is 11.3 Å². The molecular formula is C15H21N3. The predicted octanol–water partition coefficient (Wildman–Crippen LogP) is 2.80. The lowest BCUT2D eigenvalue weighted by atomic mass is 10.0. The highest BCUT2D eigenvalue weighted by atomic mass is 15.2. The quantitative estimate of drug-likeness (QED) is 0.817.